The van der Waals surface area contributed by atoms with Gasteiger partial charge in [-0.15, -0.1) is 11.3 Å². The highest BCUT2D eigenvalue weighted by Gasteiger charge is 2.37. The van der Waals surface area contributed by atoms with E-state index in [0.717, 1.165) is 6.42 Å². The Hall–Kier alpha value is -0.710. The van der Waals surface area contributed by atoms with E-state index in [2.05, 4.69) is 0 Å². The quantitative estimate of drug-likeness (QED) is 0.842. The molecule has 1 aliphatic rings. The predicted molar refractivity (Wildman–Crippen MR) is 60.0 cm³/mol. The molecule has 1 saturated heterocycles. The van der Waals surface area contributed by atoms with Gasteiger partial charge in [-0.25, -0.2) is 0 Å². The molecule has 1 aliphatic heterocycles. The van der Waals surface area contributed by atoms with E-state index in [4.69, 9.17) is 10.5 Å². The van der Waals surface area contributed by atoms with Gasteiger partial charge in [-0.3, -0.25) is 4.79 Å². The number of rotatable bonds is 4. The lowest BCUT2D eigenvalue weighted by Crippen LogP contribution is -2.48. The smallest absolute Gasteiger partial charge is 0.155 e. The van der Waals surface area contributed by atoms with Gasteiger partial charge < -0.3 is 10.5 Å². The minimum atomic E-state index is -0.711. The number of hydrogen-bond donors (Lipinski definition) is 1. The van der Waals surface area contributed by atoms with Gasteiger partial charge in [0.15, 0.2) is 5.78 Å². The largest absolute Gasteiger partial charge is 0.379 e. The Kier molecular flexibility index (Phi) is 3.19. The number of ketones is 1. The van der Waals surface area contributed by atoms with E-state index < -0.39 is 5.54 Å². The number of aryl methyl sites for hydroxylation is 1. The van der Waals surface area contributed by atoms with Crippen LogP contribution in [-0.2, 0) is 16.0 Å². The lowest BCUT2D eigenvalue weighted by atomic mass is 9.91. The molecule has 0 saturated carbocycles. The lowest BCUT2D eigenvalue weighted by molar-refractivity contribution is -0.124. The molecule has 1 aromatic heterocycles. The molecule has 15 heavy (non-hydrogen) atoms. The molecule has 3 nitrogen and oxygen atoms in total. The summed E-state index contributed by atoms with van der Waals surface area (Å²) in [7, 11) is 0. The van der Waals surface area contributed by atoms with Gasteiger partial charge in [-0.05, 0) is 24.3 Å². The summed E-state index contributed by atoms with van der Waals surface area (Å²) < 4.78 is 5.18. The van der Waals surface area contributed by atoms with Gasteiger partial charge >= 0.3 is 0 Å². The minimum Gasteiger partial charge on any atom is -0.379 e. The molecular weight excluding hydrogens is 210 g/mol. The van der Waals surface area contributed by atoms with Gasteiger partial charge in [0.25, 0.3) is 0 Å². The number of Topliss-reactive ketones (excluding diaryl/α,β-unsaturated/α-hetero) is 1. The SMILES string of the molecule is NC1(C(=O)CCc2cccs2)CCOC1. The van der Waals surface area contributed by atoms with E-state index in [1.54, 1.807) is 11.3 Å². The van der Waals surface area contributed by atoms with Crippen molar-refractivity contribution in [2.45, 2.75) is 24.8 Å². The van der Waals surface area contributed by atoms with Crippen molar-refractivity contribution in [1.29, 1.82) is 0 Å². The normalized spacial score (nSPS) is 25.7. The summed E-state index contributed by atoms with van der Waals surface area (Å²) >= 11 is 1.68. The molecule has 2 rings (SSSR count). The van der Waals surface area contributed by atoms with Crippen LogP contribution in [0.5, 0.6) is 0 Å². The van der Waals surface area contributed by atoms with Crippen LogP contribution in [0.3, 0.4) is 0 Å². The second-order valence-electron chi connectivity index (χ2n) is 3.96. The maximum atomic E-state index is 11.9. The van der Waals surface area contributed by atoms with Crippen molar-refractivity contribution in [2.75, 3.05) is 13.2 Å². The molecule has 82 valence electrons. The molecule has 1 atom stereocenters. The summed E-state index contributed by atoms with van der Waals surface area (Å²) in [5.74, 6) is 0.133. The highest BCUT2D eigenvalue weighted by atomic mass is 32.1. The van der Waals surface area contributed by atoms with Crippen LogP contribution in [0.2, 0.25) is 0 Å². The highest BCUT2D eigenvalue weighted by molar-refractivity contribution is 7.09. The third-order valence-electron chi connectivity index (χ3n) is 2.79. The topological polar surface area (TPSA) is 52.3 Å². The van der Waals surface area contributed by atoms with Crippen LogP contribution < -0.4 is 5.73 Å². The lowest BCUT2D eigenvalue weighted by Gasteiger charge is -2.19. The third kappa shape index (κ3) is 2.45. The zero-order valence-electron chi connectivity index (χ0n) is 8.57. The van der Waals surface area contributed by atoms with Gasteiger partial charge in [0.1, 0.15) is 5.54 Å². The first kappa shape index (κ1) is 10.8. The summed E-state index contributed by atoms with van der Waals surface area (Å²) in [6.45, 7) is 0.998. The molecule has 1 aromatic rings. The van der Waals surface area contributed by atoms with Crippen LogP contribution in [0.25, 0.3) is 0 Å². The van der Waals surface area contributed by atoms with Crippen molar-refractivity contribution < 1.29 is 9.53 Å². The molecular formula is C11H15NO2S. The molecule has 0 amide bonds. The molecule has 4 heteroatoms. The molecule has 0 radical (unpaired) electrons. The zero-order chi connectivity index (χ0) is 10.7. The minimum absolute atomic E-state index is 0.133. The fourth-order valence-electron chi connectivity index (χ4n) is 1.74. The third-order valence-corrected chi connectivity index (χ3v) is 3.72. The van der Waals surface area contributed by atoms with Gasteiger partial charge in [0.05, 0.1) is 6.61 Å². The Morgan fingerprint density at radius 3 is 3.13 bits per heavy atom. The summed E-state index contributed by atoms with van der Waals surface area (Å²) in [4.78, 5) is 13.1. The number of ether oxygens (including phenoxy) is 1. The van der Waals surface area contributed by atoms with E-state index in [1.807, 2.05) is 17.5 Å². The maximum absolute atomic E-state index is 11.9. The van der Waals surface area contributed by atoms with Crippen molar-refractivity contribution in [3.05, 3.63) is 22.4 Å². The fraction of sp³-hybridized carbons (Fsp3) is 0.545. The average molecular weight is 225 g/mol. The monoisotopic (exact) mass is 225 g/mol. The summed E-state index contributed by atoms with van der Waals surface area (Å²) in [6, 6.07) is 4.05. The van der Waals surface area contributed by atoms with Crippen LogP contribution >= 0.6 is 11.3 Å². The van der Waals surface area contributed by atoms with E-state index in [-0.39, 0.29) is 5.78 Å². The van der Waals surface area contributed by atoms with E-state index in [9.17, 15) is 4.79 Å². The van der Waals surface area contributed by atoms with E-state index in [0.29, 0.717) is 26.1 Å². The van der Waals surface area contributed by atoms with Crippen LogP contribution in [-0.4, -0.2) is 24.5 Å². The summed E-state index contributed by atoms with van der Waals surface area (Å²) in [5, 5.41) is 2.02. The van der Waals surface area contributed by atoms with Crippen LogP contribution in [0.15, 0.2) is 17.5 Å². The molecule has 2 N–H and O–H groups in total. The Balaban J connectivity index is 1.87. The predicted octanol–water partition coefficient (Wildman–Crippen LogP) is 1.37. The Morgan fingerprint density at radius 1 is 1.67 bits per heavy atom. The molecule has 0 bridgehead atoms. The first-order valence-corrected chi connectivity index (χ1v) is 6.01. The Bertz CT molecular complexity index is 328. The van der Waals surface area contributed by atoms with Crippen molar-refractivity contribution in [1.82, 2.24) is 0 Å². The fourth-order valence-corrected chi connectivity index (χ4v) is 2.45. The molecule has 2 heterocycles. The molecule has 1 fully saturated rings. The van der Waals surface area contributed by atoms with Crippen molar-refractivity contribution in [3.63, 3.8) is 0 Å². The zero-order valence-corrected chi connectivity index (χ0v) is 9.39. The van der Waals surface area contributed by atoms with Crippen LogP contribution in [0, 0.1) is 0 Å². The number of carbonyl (C=O) groups excluding carboxylic acids is 1. The number of hydrogen-bond acceptors (Lipinski definition) is 4. The molecule has 0 spiro atoms. The number of nitrogens with two attached hydrogens (primary N) is 1. The Morgan fingerprint density at radius 2 is 2.53 bits per heavy atom. The number of thiophene rings is 1. The van der Waals surface area contributed by atoms with Crippen LogP contribution in [0.4, 0.5) is 0 Å². The molecule has 0 aliphatic carbocycles. The second kappa shape index (κ2) is 4.43. The number of carbonyl (C=O) groups is 1. The van der Waals surface area contributed by atoms with Gasteiger partial charge in [-0.2, -0.15) is 0 Å². The van der Waals surface area contributed by atoms with E-state index in [1.165, 1.54) is 4.88 Å². The molecule has 1 unspecified atom stereocenters. The van der Waals surface area contributed by atoms with E-state index >= 15 is 0 Å². The van der Waals surface area contributed by atoms with Gasteiger partial charge in [0.2, 0.25) is 0 Å². The Labute approximate surface area is 93.2 Å². The van der Waals surface area contributed by atoms with Crippen molar-refractivity contribution in [3.8, 4) is 0 Å². The maximum Gasteiger partial charge on any atom is 0.155 e. The summed E-state index contributed by atoms with van der Waals surface area (Å²) in [5.41, 5.74) is 5.26. The second-order valence-corrected chi connectivity index (χ2v) is 4.99. The standard InChI is InChI=1S/C11H15NO2S/c12-11(5-6-14-8-11)10(13)4-3-9-2-1-7-15-9/h1-2,7H,3-6,8,12H2. The summed E-state index contributed by atoms with van der Waals surface area (Å²) in [6.07, 6.45) is 1.99. The first-order valence-electron chi connectivity index (χ1n) is 5.13. The van der Waals surface area contributed by atoms with Gasteiger partial charge in [0, 0.05) is 17.9 Å². The van der Waals surface area contributed by atoms with Crippen molar-refractivity contribution >= 4 is 17.1 Å². The molecule has 0 aromatic carbocycles. The average Bonchev–Trinajstić information content (AvgIpc) is 2.85. The highest BCUT2D eigenvalue weighted by Crippen LogP contribution is 2.20. The van der Waals surface area contributed by atoms with Crippen LogP contribution in [0.1, 0.15) is 17.7 Å². The first-order chi connectivity index (χ1) is 7.21. The van der Waals surface area contributed by atoms with Gasteiger partial charge in [-0.1, -0.05) is 6.07 Å². The van der Waals surface area contributed by atoms with Crippen molar-refractivity contribution in [2.24, 2.45) is 5.73 Å².